The zero-order valence-corrected chi connectivity index (χ0v) is 10.9. The highest BCUT2D eigenvalue weighted by Crippen LogP contribution is 2.35. The van der Waals surface area contributed by atoms with Gasteiger partial charge in [-0.15, -0.1) is 0 Å². The molecule has 1 heteroatoms. The smallest absolute Gasteiger partial charge is 0.0161 e. The lowest BCUT2D eigenvalue weighted by Crippen LogP contribution is -2.47. The van der Waals surface area contributed by atoms with E-state index in [9.17, 15) is 0 Å². The van der Waals surface area contributed by atoms with E-state index < -0.39 is 0 Å². The van der Waals surface area contributed by atoms with E-state index in [1.165, 1.54) is 25.8 Å². The van der Waals surface area contributed by atoms with Crippen molar-refractivity contribution in [2.75, 3.05) is 6.54 Å². The molecule has 1 unspecified atom stereocenters. The quantitative estimate of drug-likeness (QED) is 0.652. The molecule has 1 rings (SSSR count). The summed E-state index contributed by atoms with van der Waals surface area (Å²) in [5, 5.41) is 0. The fourth-order valence-corrected chi connectivity index (χ4v) is 3.23. The molecule has 0 saturated carbocycles. The highest BCUT2D eigenvalue weighted by Gasteiger charge is 2.36. The molecule has 1 aliphatic rings. The third-order valence-electron chi connectivity index (χ3n) is 3.29. The summed E-state index contributed by atoms with van der Waals surface area (Å²) in [7, 11) is 0. The van der Waals surface area contributed by atoms with Crippen molar-refractivity contribution < 1.29 is 0 Å². The van der Waals surface area contributed by atoms with E-state index in [1.807, 2.05) is 0 Å². The van der Waals surface area contributed by atoms with E-state index in [1.54, 1.807) is 0 Å². The van der Waals surface area contributed by atoms with Gasteiger partial charge in [0.15, 0.2) is 0 Å². The predicted molar refractivity (Wildman–Crippen MR) is 63.6 cm³/mol. The molecular weight excluding hydrogens is 170 g/mol. The van der Waals surface area contributed by atoms with Crippen molar-refractivity contribution in [3.63, 3.8) is 0 Å². The largest absolute Gasteiger partial charge is 0.296 e. The molecular formula is C13H27N. The maximum atomic E-state index is 2.69. The van der Waals surface area contributed by atoms with Gasteiger partial charge in [-0.05, 0) is 52.0 Å². The lowest BCUT2D eigenvalue weighted by atomic mass is 9.80. The molecule has 1 aliphatic heterocycles. The lowest BCUT2D eigenvalue weighted by Gasteiger charge is -2.42. The Morgan fingerprint density at radius 3 is 2.07 bits per heavy atom. The van der Waals surface area contributed by atoms with Crippen molar-refractivity contribution in [1.29, 1.82) is 0 Å². The monoisotopic (exact) mass is 197 g/mol. The van der Waals surface area contributed by atoms with Crippen LogP contribution in [0.2, 0.25) is 0 Å². The number of hydrogen-bond donors (Lipinski definition) is 0. The average molecular weight is 197 g/mol. The Morgan fingerprint density at radius 1 is 1.14 bits per heavy atom. The minimum Gasteiger partial charge on any atom is -0.296 e. The molecule has 1 atom stereocenters. The van der Waals surface area contributed by atoms with Crippen molar-refractivity contribution in [1.82, 2.24) is 4.90 Å². The summed E-state index contributed by atoms with van der Waals surface area (Å²) in [6.07, 6.45) is 4.05. The average Bonchev–Trinajstić information content (AvgIpc) is 2.29. The van der Waals surface area contributed by atoms with Crippen molar-refractivity contribution in [3.05, 3.63) is 0 Å². The van der Waals surface area contributed by atoms with Crippen LogP contribution in [-0.4, -0.2) is 23.0 Å². The van der Waals surface area contributed by atoms with Gasteiger partial charge in [-0.25, -0.2) is 0 Å². The second kappa shape index (κ2) is 3.84. The van der Waals surface area contributed by atoms with Crippen molar-refractivity contribution in [3.8, 4) is 0 Å². The van der Waals surface area contributed by atoms with Crippen LogP contribution in [-0.2, 0) is 0 Å². The number of likely N-dealkylation sites (tertiary alicyclic amines) is 1. The molecule has 0 radical (unpaired) electrons. The molecule has 0 N–H and O–H groups in total. The highest BCUT2D eigenvalue weighted by molar-refractivity contribution is 4.91. The van der Waals surface area contributed by atoms with Crippen LogP contribution in [0.4, 0.5) is 0 Å². The zero-order chi connectivity index (χ0) is 11.0. The summed E-state index contributed by atoms with van der Waals surface area (Å²) < 4.78 is 0. The van der Waals surface area contributed by atoms with Gasteiger partial charge in [-0.2, -0.15) is 0 Å². The molecule has 0 bridgehead atoms. The second-order valence-electron chi connectivity index (χ2n) is 6.73. The van der Waals surface area contributed by atoms with Crippen LogP contribution in [0.15, 0.2) is 0 Å². The Balaban J connectivity index is 2.64. The van der Waals surface area contributed by atoms with Crippen LogP contribution in [0.1, 0.15) is 60.8 Å². The van der Waals surface area contributed by atoms with Crippen LogP contribution >= 0.6 is 0 Å². The predicted octanol–water partition coefficient (Wildman–Crippen LogP) is 3.69. The normalized spacial score (nSPS) is 25.7. The summed E-state index contributed by atoms with van der Waals surface area (Å²) in [6.45, 7) is 15.5. The summed E-state index contributed by atoms with van der Waals surface area (Å²) >= 11 is 0. The fourth-order valence-electron chi connectivity index (χ4n) is 3.23. The van der Waals surface area contributed by atoms with Gasteiger partial charge >= 0.3 is 0 Å². The topological polar surface area (TPSA) is 3.24 Å². The van der Waals surface area contributed by atoms with Crippen LogP contribution in [0.5, 0.6) is 0 Å². The van der Waals surface area contributed by atoms with Gasteiger partial charge in [-0.3, -0.25) is 4.90 Å². The lowest BCUT2D eigenvalue weighted by molar-refractivity contribution is 0.0716. The molecule has 0 aliphatic carbocycles. The van der Waals surface area contributed by atoms with Gasteiger partial charge in [0, 0.05) is 11.6 Å². The maximum absolute atomic E-state index is 2.69. The Bertz CT molecular complexity index is 188. The molecule has 0 spiro atoms. The Morgan fingerprint density at radius 2 is 1.71 bits per heavy atom. The first-order valence-corrected chi connectivity index (χ1v) is 5.99. The Labute approximate surface area is 89.9 Å². The van der Waals surface area contributed by atoms with E-state index in [0.717, 1.165) is 6.04 Å². The summed E-state index contributed by atoms with van der Waals surface area (Å²) in [4.78, 5) is 2.69. The molecule has 1 heterocycles. The zero-order valence-electron chi connectivity index (χ0n) is 10.9. The molecule has 1 fully saturated rings. The number of nitrogens with zero attached hydrogens (tertiary/aromatic N) is 1. The Hall–Kier alpha value is -0.0400. The minimum atomic E-state index is 0.369. The van der Waals surface area contributed by atoms with Crippen LogP contribution < -0.4 is 0 Å². The number of rotatable bonds is 2. The summed E-state index contributed by atoms with van der Waals surface area (Å²) in [6, 6.07) is 0.785. The first kappa shape index (κ1) is 12.0. The van der Waals surface area contributed by atoms with Gasteiger partial charge in [0.05, 0.1) is 0 Å². The van der Waals surface area contributed by atoms with E-state index in [4.69, 9.17) is 0 Å². The maximum Gasteiger partial charge on any atom is 0.0161 e. The first-order valence-electron chi connectivity index (χ1n) is 5.99. The summed E-state index contributed by atoms with van der Waals surface area (Å²) in [5.41, 5.74) is 0.806. The minimum absolute atomic E-state index is 0.369. The van der Waals surface area contributed by atoms with Gasteiger partial charge < -0.3 is 0 Å². The molecule has 0 aromatic heterocycles. The molecule has 0 aromatic rings. The van der Waals surface area contributed by atoms with Gasteiger partial charge in [-0.1, -0.05) is 20.8 Å². The SMILES string of the molecule is CC1CCCN1C(C)(C)CC(C)(C)C. The second-order valence-corrected chi connectivity index (χ2v) is 6.73. The fraction of sp³-hybridized carbons (Fsp3) is 1.00. The van der Waals surface area contributed by atoms with Gasteiger partial charge in [0.2, 0.25) is 0 Å². The molecule has 0 amide bonds. The standard InChI is InChI=1S/C13H27N/c1-11-8-7-9-14(11)13(5,6)10-12(2,3)4/h11H,7-10H2,1-6H3. The third-order valence-corrected chi connectivity index (χ3v) is 3.29. The first-order chi connectivity index (χ1) is 6.22. The van der Waals surface area contributed by atoms with E-state index in [2.05, 4.69) is 46.4 Å². The van der Waals surface area contributed by atoms with Crippen molar-refractivity contribution in [2.24, 2.45) is 5.41 Å². The van der Waals surface area contributed by atoms with Crippen LogP contribution in [0.3, 0.4) is 0 Å². The molecule has 14 heavy (non-hydrogen) atoms. The number of hydrogen-bond acceptors (Lipinski definition) is 1. The molecule has 1 saturated heterocycles. The Kier molecular flexibility index (Phi) is 3.30. The molecule has 1 nitrogen and oxygen atoms in total. The summed E-state index contributed by atoms with van der Waals surface area (Å²) in [5.74, 6) is 0. The molecule has 84 valence electrons. The van der Waals surface area contributed by atoms with E-state index in [-0.39, 0.29) is 0 Å². The van der Waals surface area contributed by atoms with Gasteiger partial charge in [0.25, 0.3) is 0 Å². The van der Waals surface area contributed by atoms with Crippen molar-refractivity contribution >= 4 is 0 Å². The van der Waals surface area contributed by atoms with E-state index in [0.29, 0.717) is 11.0 Å². The third kappa shape index (κ3) is 2.98. The van der Waals surface area contributed by atoms with Crippen molar-refractivity contribution in [2.45, 2.75) is 72.4 Å². The van der Waals surface area contributed by atoms with Crippen LogP contribution in [0.25, 0.3) is 0 Å². The van der Waals surface area contributed by atoms with E-state index >= 15 is 0 Å². The van der Waals surface area contributed by atoms with Gasteiger partial charge in [0.1, 0.15) is 0 Å². The molecule has 0 aromatic carbocycles. The van der Waals surface area contributed by atoms with Crippen LogP contribution in [0, 0.1) is 5.41 Å². The highest BCUT2D eigenvalue weighted by atomic mass is 15.2.